The molecule has 3 nitrogen and oxygen atoms in total. The number of piperazine rings is 1. The van der Waals surface area contributed by atoms with Crippen LogP contribution in [0.4, 0.5) is 0 Å². The highest BCUT2D eigenvalue weighted by Crippen LogP contribution is 2.27. The quantitative estimate of drug-likeness (QED) is 0.817. The van der Waals surface area contributed by atoms with Gasteiger partial charge in [-0.1, -0.05) is 20.8 Å². The maximum absolute atomic E-state index is 5.69. The first-order valence-corrected chi connectivity index (χ1v) is 7.47. The van der Waals surface area contributed by atoms with Crippen LogP contribution in [0.1, 0.15) is 41.0 Å². The van der Waals surface area contributed by atoms with Gasteiger partial charge in [0.15, 0.2) is 0 Å². The minimum absolute atomic E-state index is 0.343. The van der Waals surface area contributed by atoms with Crippen LogP contribution in [0.3, 0.4) is 0 Å². The van der Waals surface area contributed by atoms with E-state index in [0.29, 0.717) is 23.6 Å². The zero-order valence-corrected chi connectivity index (χ0v) is 12.7. The Kier molecular flexibility index (Phi) is 4.35. The second-order valence-electron chi connectivity index (χ2n) is 7.25. The first-order chi connectivity index (χ1) is 8.38. The number of hydrogen-bond acceptors (Lipinski definition) is 3. The average molecular weight is 254 g/mol. The first kappa shape index (κ1) is 14.3. The summed E-state index contributed by atoms with van der Waals surface area (Å²) in [5.41, 5.74) is 0.343. The van der Waals surface area contributed by atoms with Gasteiger partial charge in [0.25, 0.3) is 0 Å². The minimum Gasteiger partial charge on any atom is -0.378 e. The molecule has 4 atom stereocenters. The summed E-state index contributed by atoms with van der Waals surface area (Å²) in [7, 11) is 0. The molecule has 2 heterocycles. The highest BCUT2D eigenvalue weighted by Gasteiger charge is 2.35. The lowest BCUT2D eigenvalue weighted by Gasteiger charge is -2.45. The fraction of sp³-hybridized carbons (Fsp3) is 1.00. The molecule has 0 amide bonds. The lowest BCUT2D eigenvalue weighted by molar-refractivity contribution is 0.0549. The second kappa shape index (κ2) is 5.48. The van der Waals surface area contributed by atoms with Crippen LogP contribution >= 0.6 is 0 Å². The molecule has 0 bridgehead atoms. The zero-order valence-electron chi connectivity index (χ0n) is 12.7. The van der Waals surface area contributed by atoms with Gasteiger partial charge in [0.05, 0.1) is 6.10 Å². The van der Waals surface area contributed by atoms with E-state index in [1.807, 2.05) is 0 Å². The van der Waals surface area contributed by atoms with Gasteiger partial charge >= 0.3 is 0 Å². The fourth-order valence-electron chi connectivity index (χ4n) is 3.07. The van der Waals surface area contributed by atoms with E-state index in [2.05, 4.69) is 44.8 Å². The van der Waals surface area contributed by atoms with Crippen molar-refractivity contribution in [2.24, 2.45) is 11.3 Å². The van der Waals surface area contributed by atoms with Gasteiger partial charge < -0.3 is 10.1 Å². The van der Waals surface area contributed by atoms with Crippen molar-refractivity contribution in [1.82, 2.24) is 10.2 Å². The van der Waals surface area contributed by atoms with Crippen LogP contribution in [0.2, 0.25) is 0 Å². The molecule has 2 fully saturated rings. The number of hydrogen-bond donors (Lipinski definition) is 1. The van der Waals surface area contributed by atoms with Crippen molar-refractivity contribution in [3.8, 4) is 0 Å². The lowest BCUT2D eigenvalue weighted by atomic mass is 9.84. The van der Waals surface area contributed by atoms with Crippen molar-refractivity contribution in [3.63, 3.8) is 0 Å². The Morgan fingerprint density at radius 1 is 1.28 bits per heavy atom. The third-order valence-corrected chi connectivity index (χ3v) is 4.75. The van der Waals surface area contributed by atoms with Gasteiger partial charge in [0, 0.05) is 38.3 Å². The largest absolute Gasteiger partial charge is 0.378 e. The standard InChI is InChI=1S/C15H30N2O/c1-11-8-16-14(15(3,4)5)10-17(11)9-13-6-7-18-12(13)2/h11-14,16H,6-10H2,1-5H3. The van der Waals surface area contributed by atoms with E-state index < -0.39 is 0 Å². The number of ether oxygens (including phenoxy) is 1. The first-order valence-electron chi connectivity index (χ1n) is 7.47. The molecule has 0 aromatic heterocycles. The molecule has 2 saturated heterocycles. The van der Waals surface area contributed by atoms with E-state index in [9.17, 15) is 0 Å². The smallest absolute Gasteiger partial charge is 0.0588 e. The molecule has 0 aromatic carbocycles. The van der Waals surface area contributed by atoms with Crippen LogP contribution in [0.5, 0.6) is 0 Å². The lowest BCUT2D eigenvalue weighted by Crippen LogP contribution is -2.60. The summed E-state index contributed by atoms with van der Waals surface area (Å²) in [6.07, 6.45) is 1.68. The normalized spacial score (nSPS) is 39.2. The Bertz CT molecular complexity index is 272. The highest BCUT2D eigenvalue weighted by molar-refractivity contribution is 4.92. The Morgan fingerprint density at radius 3 is 2.56 bits per heavy atom. The van der Waals surface area contributed by atoms with Gasteiger partial charge in [0.2, 0.25) is 0 Å². The molecule has 1 N–H and O–H groups in total. The monoisotopic (exact) mass is 254 g/mol. The molecule has 106 valence electrons. The molecule has 2 rings (SSSR count). The van der Waals surface area contributed by atoms with Crippen LogP contribution in [0, 0.1) is 11.3 Å². The van der Waals surface area contributed by atoms with Gasteiger partial charge in [-0.25, -0.2) is 0 Å². The van der Waals surface area contributed by atoms with Crippen LogP contribution < -0.4 is 5.32 Å². The van der Waals surface area contributed by atoms with Crippen LogP contribution in [-0.4, -0.2) is 49.3 Å². The molecule has 0 aromatic rings. The van der Waals surface area contributed by atoms with Gasteiger partial charge in [-0.15, -0.1) is 0 Å². The van der Waals surface area contributed by atoms with E-state index in [1.54, 1.807) is 0 Å². The van der Waals surface area contributed by atoms with E-state index >= 15 is 0 Å². The third kappa shape index (κ3) is 3.25. The summed E-state index contributed by atoms with van der Waals surface area (Å²) in [5.74, 6) is 0.728. The minimum atomic E-state index is 0.343. The molecule has 2 aliphatic rings. The number of nitrogens with zero attached hydrogens (tertiary/aromatic N) is 1. The SMILES string of the molecule is CC1OCCC1CN1CC(C(C)(C)C)NCC1C. The summed E-state index contributed by atoms with van der Waals surface area (Å²) >= 11 is 0. The van der Waals surface area contributed by atoms with Gasteiger partial charge in [-0.05, 0) is 31.6 Å². The van der Waals surface area contributed by atoms with Crippen LogP contribution in [0.15, 0.2) is 0 Å². The number of rotatable bonds is 2. The summed E-state index contributed by atoms with van der Waals surface area (Å²) < 4.78 is 5.69. The molecular formula is C15H30N2O. The Balaban J connectivity index is 1.93. The van der Waals surface area contributed by atoms with Crippen molar-refractivity contribution in [3.05, 3.63) is 0 Å². The summed E-state index contributed by atoms with van der Waals surface area (Å²) in [4.78, 5) is 2.67. The van der Waals surface area contributed by atoms with Crippen molar-refractivity contribution in [2.45, 2.75) is 59.2 Å². The van der Waals surface area contributed by atoms with Gasteiger partial charge in [-0.2, -0.15) is 0 Å². The summed E-state index contributed by atoms with van der Waals surface area (Å²) in [5, 5.41) is 3.70. The van der Waals surface area contributed by atoms with E-state index in [-0.39, 0.29) is 0 Å². The predicted octanol–water partition coefficient (Wildman–Crippen LogP) is 2.12. The van der Waals surface area contributed by atoms with E-state index in [1.165, 1.54) is 19.5 Å². The molecule has 0 spiro atoms. The van der Waals surface area contributed by atoms with E-state index in [0.717, 1.165) is 19.1 Å². The molecule has 4 unspecified atom stereocenters. The Labute approximate surface area is 112 Å². The van der Waals surface area contributed by atoms with Crippen LogP contribution in [0.25, 0.3) is 0 Å². The summed E-state index contributed by atoms with van der Waals surface area (Å²) in [6.45, 7) is 16.0. The Hall–Kier alpha value is -0.120. The van der Waals surface area contributed by atoms with E-state index in [4.69, 9.17) is 4.74 Å². The maximum atomic E-state index is 5.69. The maximum Gasteiger partial charge on any atom is 0.0588 e. The van der Waals surface area contributed by atoms with Crippen molar-refractivity contribution in [2.75, 3.05) is 26.2 Å². The Morgan fingerprint density at radius 2 is 2.00 bits per heavy atom. The molecule has 18 heavy (non-hydrogen) atoms. The van der Waals surface area contributed by atoms with Crippen molar-refractivity contribution >= 4 is 0 Å². The average Bonchev–Trinajstić information content (AvgIpc) is 2.66. The van der Waals surface area contributed by atoms with Crippen molar-refractivity contribution < 1.29 is 4.74 Å². The highest BCUT2D eigenvalue weighted by atomic mass is 16.5. The fourth-order valence-corrected chi connectivity index (χ4v) is 3.07. The molecule has 3 heteroatoms. The van der Waals surface area contributed by atoms with Gasteiger partial charge in [0.1, 0.15) is 0 Å². The molecule has 2 aliphatic heterocycles. The molecular weight excluding hydrogens is 224 g/mol. The second-order valence-corrected chi connectivity index (χ2v) is 7.25. The molecule has 0 saturated carbocycles. The zero-order chi connectivity index (χ0) is 13.3. The third-order valence-electron chi connectivity index (χ3n) is 4.75. The predicted molar refractivity (Wildman–Crippen MR) is 75.8 cm³/mol. The van der Waals surface area contributed by atoms with Gasteiger partial charge in [-0.3, -0.25) is 4.90 Å². The van der Waals surface area contributed by atoms with Crippen LogP contribution in [-0.2, 0) is 4.74 Å². The van der Waals surface area contributed by atoms with Crippen molar-refractivity contribution in [1.29, 1.82) is 0 Å². The topological polar surface area (TPSA) is 24.5 Å². The molecule has 0 radical (unpaired) electrons. The summed E-state index contributed by atoms with van der Waals surface area (Å²) in [6, 6.07) is 1.25. The number of nitrogens with one attached hydrogen (secondary N) is 1. The molecule has 0 aliphatic carbocycles.